The summed E-state index contributed by atoms with van der Waals surface area (Å²) >= 11 is 0. The normalized spacial score (nSPS) is 12.6. The largest absolute Gasteiger partial charge is 0.489 e. The molecule has 3 aromatic rings. The fourth-order valence-corrected chi connectivity index (χ4v) is 4.85. The van der Waals surface area contributed by atoms with Gasteiger partial charge in [-0.3, -0.25) is 14.4 Å². The highest BCUT2D eigenvalue weighted by Crippen LogP contribution is 2.17. The van der Waals surface area contributed by atoms with E-state index in [4.69, 9.17) is 9.47 Å². The van der Waals surface area contributed by atoms with Crippen molar-refractivity contribution in [2.24, 2.45) is 11.8 Å². The summed E-state index contributed by atoms with van der Waals surface area (Å²) in [5, 5.41) is 15.5. The molecule has 45 heavy (non-hydrogen) atoms. The number of aliphatic hydroxyl groups is 1. The molecule has 8 nitrogen and oxygen atoms in total. The number of rotatable bonds is 20. The molecule has 3 atom stereocenters. The van der Waals surface area contributed by atoms with Crippen LogP contribution in [0, 0.1) is 11.8 Å². The van der Waals surface area contributed by atoms with Crippen LogP contribution in [0.4, 0.5) is 0 Å². The highest BCUT2D eigenvalue weighted by atomic mass is 16.5. The Morgan fingerprint density at radius 2 is 1.38 bits per heavy atom. The molecule has 0 aliphatic heterocycles. The van der Waals surface area contributed by atoms with Gasteiger partial charge in [0.25, 0.3) is 0 Å². The third-order valence-corrected chi connectivity index (χ3v) is 7.25. The highest BCUT2D eigenvalue weighted by Gasteiger charge is 2.23. The molecule has 0 saturated carbocycles. The fourth-order valence-electron chi connectivity index (χ4n) is 4.85. The molecule has 0 unspecified atom stereocenters. The van der Waals surface area contributed by atoms with E-state index in [1.165, 1.54) is 0 Å². The predicted octanol–water partition coefficient (Wildman–Crippen LogP) is 4.96. The Kier molecular flexibility index (Phi) is 15.1. The van der Waals surface area contributed by atoms with Gasteiger partial charge >= 0.3 is 5.97 Å². The van der Waals surface area contributed by atoms with Crippen molar-refractivity contribution in [2.45, 2.75) is 44.8 Å². The van der Waals surface area contributed by atoms with E-state index in [1.54, 1.807) is 12.2 Å². The minimum Gasteiger partial charge on any atom is -0.489 e. The lowest BCUT2D eigenvalue weighted by atomic mass is 9.96. The first kappa shape index (κ1) is 34.8. The van der Waals surface area contributed by atoms with Crippen LogP contribution in [0.5, 0.6) is 5.75 Å². The average molecular weight is 613 g/mol. The molecule has 0 aliphatic carbocycles. The summed E-state index contributed by atoms with van der Waals surface area (Å²) in [5.41, 5.74) is 3.03. The van der Waals surface area contributed by atoms with Gasteiger partial charge < -0.3 is 25.2 Å². The van der Waals surface area contributed by atoms with Gasteiger partial charge in [-0.05, 0) is 54.5 Å². The third kappa shape index (κ3) is 12.8. The number of ether oxygens (including phenoxy) is 2. The SMILES string of the molecule is C=CC[C@H](CC(=O)N[C@H](CO)Cc1ccc(OCc2ccccc2)cc1)C(=O)NCCOC(=O)[C@@H](CC=C)Cc1ccccc1. The molecule has 0 aromatic heterocycles. The lowest BCUT2D eigenvalue weighted by Crippen LogP contribution is -2.42. The van der Waals surface area contributed by atoms with Crippen molar-refractivity contribution >= 4 is 17.8 Å². The number of hydrogen-bond acceptors (Lipinski definition) is 6. The third-order valence-electron chi connectivity index (χ3n) is 7.25. The van der Waals surface area contributed by atoms with E-state index in [9.17, 15) is 19.5 Å². The summed E-state index contributed by atoms with van der Waals surface area (Å²) in [6.07, 6.45) is 4.96. The molecule has 3 rings (SSSR count). The number of allylic oxidation sites excluding steroid dienone is 2. The Morgan fingerprint density at radius 3 is 2.00 bits per heavy atom. The lowest BCUT2D eigenvalue weighted by Gasteiger charge is -2.20. The van der Waals surface area contributed by atoms with E-state index in [-0.39, 0.29) is 49.9 Å². The van der Waals surface area contributed by atoms with Gasteiger partial charge in [-0.15, -0.1) is 13.2 Å². The second kappa shape index (κ2) is 19.6. The summed E-state index contributed by atoms with van der Waals surface area (Å²) in [7, 11) is 0. The molecule has 3 aromatic carbocycles. The van der Waals surface area contributed by atoms with Crippen LogP contribution >= 0.6 is 0 Å². The fraction of sp³-hybridized carbons (Fsp3) is 0.324. The summed E-state index contributed by atoms with van der Waals surface area (Å²) in [6, 6.07) is 26.6. The van der Waals surface area contributed by atoms with Crippen LogP contribution in [0.2, 0.25) is 0 Å². The Morgan fingerprint density at radius 1 is 0.778 bits per heavy atom. The van der Waals surface area contributed by atoms with Crippen molar-refractivity contribution < 1.29 is 29.0 Å². The predicted molar refractivity (Wildman–Crippen MR) is 175 cm³/mol. The van der Waals surface area contributed by atoms with Crippen molar-refractivity contribution in [3.8, 4) is 5.75 Å². The van der Waals surface area contributed by atoms with Crippen molar-refractivity contribution in [2.75, 3.05) is 19.8 Å². The van der Waals surface area contributed by atoms with Crippen LogP contribution in [-0.4, -0.2) is 48.7 Å². The van der Waals surface area contributed by atoms with Gasteiger partial charge in [0, 0.05) is 6.42 Å². The van der Waals surface area contributed by atoms with Gasteiger partial charge in [0.05, 0.1) is 31.0 Å². The summed E-state index contributed by atoms with van der Waals surface area (Å²) in [6.45, 7) is 7.80. The maximum Gasteiger partial charge on any atom is 0.309 e. The van der Waals surface area contributed by atoms with Crippen LogP contribution < -0.4 is 15.4 Å². The molecular formula is C37H44N2O6. The Labute approximate surface area is 266 Å². The first-order valence-electron chi connectivity index (χ1n) is 15.3. The van der Waals surface area contributed by atoms with E-state index in [0.29, 0.717) is 32.3 Å². The molecule has 0 aliphatic rings. The molecule has 238 valence electrons. The zero-order valence-electron chi connectivity index (χ0n) is 25.7. The maximum atomic E-state index is 12.9. The van der Waals surface area contributed by atoms with Crippen LogP contribution in [0.3, 0.4) is 0 Å². The van der Waals surface area contributed by atoms with Crippen molar-refractivity contribution in [1.82, 2.24) is 10.6 Å². The summed E-state index contributed by atoms with van der Waals surface area (Å²) in [4.78, 5) is 38.3. The Balaban J connectivity index is 1.42. The smallest absolute Gasteiger partial charge is 0.309 e. The second-order valence-corrected chi connectivity index (χ2v) is 10.9. The monoisotopic (exact) mass is 612 g/mol. The van der Waals surface area contributed by atoms with Gasteiger partial charge in [-0.1, -0.05) is 84.9 Å². The molecule has 0 saturated heterocycles. The summed E-state index contributed by atoms with van der Waals surface area (Å²) < 4.78 is 11.3. The van der Waals surface area contributed by atoms with Gasteiger partial charge in [-0.25, -0.2) is 0 Å². The topological polar surface area (TPSA) is 114 Å². The van der Waals surface area contributed by atoms with Gasteiger partial charge in [0.2, 0.25) is 11.8 Å². The number of nitrogens with one attached hydrogen (secondary N) is 2. The minimum atomic E-state index is -0.648. The zero-order valence-corrected chi connectivity index (χ0v) is 25.7. The minimum absolute atomic E-state index is 0.0166. The molecular weight excluding hydrogens is 568 g/mol. The molecule has 0 heterocycles. The molecule has 8 heteroatoms. The van der Waals surface area contributed by atoms with Gasteiger partial charge in [0.15, 0.2) is 0 Å². The number of esters is 1. The number of carbonyl (C=O) groups excluding carboxylic acids is 3. The zero-order chi connectivity index (χ0) is 32.3. The number of hydrogen-bond donors (Lipinski definition) is 3. The van der Waals surface area contributed by atoms with Gasteiger partial charge in [-0.2, -0.15) is 0 Å². The first-order valence-corrected chi connectivity index (χ1v) is 15.3. The molecule has 0 radical (unpaired) electrons. The number of amides is 2. The molecule has 3 N–H and O–H groups in total. The Bertz CT molecular complexity index is 1340. The van der Waals surface area contributed by atoms with Crippen LogP contribution in [0.15, 0.2) is 110 Å². The highest BCUT2D eigenvalue weighted by molar-refractivity contribution is 5.86. The first-order chi connectivity index (χ1) is 21.9. The molecule has 2 amide bonds. The van der Waals surface area contributed by atoms with Crippen molar-refractivity contribution in [1.29, 1.82) is 0 Å². The average Bonchev–Trinajstić information content (AvgIpc) is 3.06. The molecule has 0 spiro atoms. The Hall–Kier alpha value is -4.69. The molecule has 0 fully saturated rings. The van der Waals surface area contributed by atoms with E-state index in [0.717, 1.165) is 22.4 Å². The van der Waals surface area contributed by atoms with Crippen molar-refractivity contribution in [3.63, 3.8) is 0 Å². The lowest BCUT2D eigenvalue weighted by molar-refractivity contribution is -0.148. The van der Waals surface area contributed by atoms with Crippen LogP contribution in [0.1, 0.15) is 36.0 Å². The van der Waals surface area contributed by atoms with Crippen molar-refractivity contribution in [3.05, 3.63) is 127 Å². The van der Waals surface area contributed by atoms with E-state index < -0.39 is 12.0 Å². The van der Waals surface area contributed by atoms with Crippen LogP contribution in [-0.2, 0) is 38.6 Å². The van der Waals surface area contributed by atoms with Crippen LogP contribution in [0.25, 0.3) is 0 Å². The number of aliphatic hydroxyl groups excluding tert-OH is 1. The second-order valence-electron chi connectivity index (χ2n) is 10.9. The summed E-state index contributed by atoms with van der Waals surface area (Å²) in [5.74, 6) is -1.31. The number of benzene rings is 3. The van der Waals surface area contributed by atoms with Gasteiger partial charge in [0.1, 0.15) is 19.0 Å². The quantitative estimate of drug-likeness (QED) is 0.0945. The van der Waals surface area contributed by atoms with E-state index in [1.807, 2.05) is 84.9 Å². The maximum absolute atomic E-state index is 12.9. The van der Waals surface area contributed by atoms with E-state index >= 15 is 0 Å². The number of carbonyl (C=O) groups is 3. The van der Waals surface area contributed by atoms with E-state index in [2.05, 4.69) is 23.8 Å². The standard InChI is InChI=1S/C37H44N2O6/c1-3-11-31(36(42)38-21-22-44-37(43)32(12-4-2)23-28-13-7-5-8-14-28)25-35(41)39-33(26-40)24-29-17-19-34(20-18-29)45-27-30-15-9-6-10-16-30/h3-10,13-20,31-33,40H,1-2,11-12,21-27H2,(H,38,42)(H,39,41)/t31-,32+,33+/m1/s1. The molecule has 0 bridgehead atoms.